The first-order valence-electron chi connectivity index (χ1n) is 6.72. The third kappa shape index (κ3) is 5.00. The minimum Gasteiger partial charge on any atom is -0.508 e. The molecule has 3 N–H and O–H groups in total. The minimum atomic E-state index is -0.827. The number of nitrogens with zero attached hydrogens (tertiary/aromatic N) is 1. The van der Waals surface area contributed by atoms with E-state index in [0.717, 1.165) is 5.56 Å². The zero-order valence-electron chi connectivity index (χ0n) is 13.0. The Labute approximate surface area is 121 Å². The van der Waals surface area contributed by atoms with Crippen molar-refractivity contribution in [3.8, 4) is 11.5 Å². The van der Waals surface area contributed by atoms with Crippen molar-refractivity contribution >= 4 is 0 Å². The predicted molar refractivity (Wildman–Crippen MR) is 80.3 cm³/mol. The first-order chi connectivity index (χ1) is 9.25. The normalized spacial score (nSPS) is 15.9. The summed E-state index contributed by atoms with van der Waals surface area (Å²) in [6.07, 6.45) is 0. The Morgan fingerprint density at radius 2 is 2.05 bits per heavy atom. The molecule has 0 fully saturated rings. The van der Waals surface area contributed by atoms with Gasteiger partial charge in [0.1, 0.15) is 11.5 Å². The van der Waals surface area contributed by atoms with E-state index in [0.29, 0.717) is 18.8 Å². The number of phenolic OH excluding ortho intramolecular Hbond substituents is 1. The molecule has 114 valence electrons. The second-order valence-electron chi connectivity index (χ2n) is 5.76. The van der Waals surface area contributed by atoms with Crippen molar-refractivity contribution in [1.82, 2.24) is 10.2 Å². The molecular weight excluding hydrogens is 256 g/mol. The Bertz CT molecular complexity index is 433. The van der Waals surface area contributed by atoms with Crippen LogP contribution in [0.15, 0.2) is 18.2 Å². The average Bonchev–Trinajstić information content (AvgIpc) is 2.35. The molecule has 0 aliphatic heterocycles. The van der Waals surface area contributed by atoms with E-state index in [1.54, 1.807) is 32.2 Å². The molecule has 0 heterocycles. The molecule has 2 atom stereocenters. The molecule has 5 nitrogen and oxygen atoms in total. The van der Waals surface area contributed by atoms with E-state index in [-0.39, 0.29) is 11.8 Å². The molecule has 0 aromatic heterocycles. The van der Waals surface area contributed by atoms with Crippen LogP contribution in [0.5, 0.6) is 11.5 Å². The first-order valence-corrected chi connectivity index (χ1v) is 6.72. The highest BCUT2D eigenvalue weighted by Gasteiger charge is 2.22. The van der Waals surface area contributed by atoms with Gasteiger partial charge in [-0.2, -0.15) is 0 Å². The summed E-state index contributed by atoms with van der Waals surface area (Å²) in [4.78, 5) is 1.94. The number of nitrogens with one attached hydrogen (secondary N) is 1. The van der Waals surface area contributed by atoms with Crippen molar-refractivity contribution in [2.24, 2.45) is 0 Å². The number of likely N-dealkylation sites (N-methyl/N-ethyl adjacent to an activating group) is 1. The standard InChI is InChI=1S/C15H26N2O3/c1-11(16-9-15(2,19)10-17(3)4)13-8-12(20-5)6-7-14(13)18/h6-8,11,16,18-19H,9-10H2,1-5H3. The molecule has 0 amide bonds. The number of aliphatic hydroxyl groups is 1. The van der Waals surface area contributed by atoms with Crippen molar-refractivity contribution in [3.63, 3.8) is 0 Å². The second kappa shape index (κ2) is 6.92. The summed E-state index contributed by atoms with van der Waals surface area (Å²) in [6, 6.07) is 5.05. The molecule has 0 saturated heterocycles. The van der Waals surface area contributed by atoms with E-state index in [1.165, 1.54) is 0 Å². The van der Waals surface area contributed by atoms with Crippen molar-refractivity contribution in [2.45, 2.75) is 25.5 Å². The van der Waals surface area contributed by atoms with Gasteiger partial charge in [0, 0.05) is 24.7 Å². The van der Waals surface area contributed by atoms with Crippen LogP contribution in [0.25, 0.3) is 0 Å². The van der Waals surface area contributed by atoms with Gasteiger partial charge in [0.2, 0.25) is 0 Å². The van der Waals surface area contributed by atoms with Gasteiger partial charge < -0.3 is 25.2 Å². The number of aromatic hydroxyl groups is 1. The van der Waals surface area contributed by atoms with E-state index < -0.39 is 5.60 Å². The molecule has 5 heteroatoms. The highest BCUT2D eigenvalue weighted by molar-refractivity contribution is 5.41. The molecule has 0 aliphatic carbocycles. The number of hydrogen-bond donors (Lipinski definition) is 3. The number of hydrogen-bond acceptors (Lipinski definition) is 5. The van der Waals surface area contributed by atoms with E-state index >= 15 is 0 Å². The van der Waals surface area contributed by atoms with E-state index in [4.69, 9.17) is 4.74 Å². The van der Waals surface area contributed by atoms with Crippen LogP contribution in [-0.4, -0.2) is 55.0 Å². The Kier molecular flexibility index (Phi) is 5.80. The molecule has 0 spiro atoms. The monoisotopic (exact) mass is 282 g/mol. The summed E-state index contributed by atoms with van der Waals surface area (Å²) >= 11 is 0. The second-order valence-corrected chi connectivity index (χ2v) is 5.76. The largest absolute Gasteiger partial charge is 0.508 e. The first kappa shape index (κ1) is 16.8. The van der Waals surface area contributed by atoms with Crippen molar-refractivity contribution < 1.29 is 14.9 Å². The van der Waals surface area contributed by atoms with Gasteiger partial charge in [-0.15, -0.1) is 0 Å². The van der Waals surface area contributed by atoms with Crippen LogP contribution in [0.3, 0.4) is 0 Å². The fraction of sp³-hybridized carbons (Fsp3) is 0.600. The highest BCUT2D eigenvalue weighted by atomic mass is 16.5. The lowest BCUT2D eigenvalue weighted by molar-refractivity contribution is 0.0317. The molecule has 2 unspecified atom stereocenters. The van der Waals surface area contributed by atoms with Crippen LogP contribution >= 0.6 is 0 Å². The summed E-state index contributed by atoms with van der Waals surface area (Å²) in [5, 5.41) is 23.4. The fourth-order valence-electron chi connectivity index (χ4n) is 2.23. The van der Waals surface area contributed by atoms with Crippen molar-refractivity contribution in [3.05, 3.63) is 23.8 Å². The van der Waals surface area contributed by atoms with Gasteiger partial charge in [0.05, 0.1) is 12.7 Å². The van der Waals surface area contributed by atoms with Crippen LogP contribution < -0.4 is 10.1 Å². The van der Waals surface area contributed by atoms with Crippen molar-refractivity contribution in [1.29, 1.82) is 0 Å². The topological polar surface area (TPSA) is 65.0 Å². The van der Waals surface area contributed by atoms with Gasteiger partial charge in [-0.25, -0.2) is 0 Å². The third-order valence-electron chi connectivity index (χ3n) is 3.15. The molecule has 1 rings (SSSR count). The molecule has 0 saturated carbocycles. The molecule has 20 heavy (non-hydrogen) atoms. The maximum Gasteiger partial charge on any atom is 0.120 e. The lowest BCUT2D eigenvalue weighted by atomic mass is 10.0. The van der Waals surface area contributed by atoms with E-state index in [1.807, 2.05) is 25.9 Å². The third-order valence-corrected chi connectivity index (χ3v) is 3.15. The Balaban J connectivity index is 2.69. The fourth-order valence-corrected chi connectivity index (χ4v) is 2.23. The summed E-state index contributed by atoms with van der Waals surface area (Å²) in [5.41, 5.74) is -0.0725. The van der Waals surface area contributed by atoms with Crippen LogP contribution in [0, 0.1) is 0 Å². The molecule has 1 aromatic carbocycles. The molecule has 1 aromatic rings. The van der Waals surface area contributed by atoms with E-state index in [9.17, 15) is 10.2 Å². The Morgan fingerprint density at radius 1 is 1.40 bits per heavy atom. The maximum atomic E-state index is 10.3. The quantitative estimate of drug-likeness (QED) is 0.705. The number of phenols is 1. The average molecular weight is 282 g/mol. The maximum absolute atomic E-state index is 10.3. The van der Waals surface area contributed by atoms with Gasteiger partial charge >= 0.3 is 0 Å². The van der Waals surface area contributed by atoms with Crippen molar-refractivity contribution in [2.75, 3.05) is 34.3 Å². The molecule has 0 bridgehead atoms. The lowest BCUT2D eigenvalue weighted by Gasteiger charge is -2.29. The Morgan fingerprint density at radius 3 is 2.60 bits per heavy atom. The molecule has 0 radical (unpaired) electrons. The van der Waals surface area contributed by atoms with Gasteiger partial charge in [-0.05, 0) is 46.1 Å². The minimum absolute atomic E-state index is 0.0845. The Hall–Kier alpha value is -1.30. The summed E-state index contributed by atoms with van der Waals surface area (Å²) in [7, 11) is 5.44. The SMILES string of the molecule is COc1ccc(O)c(C(C)NCC(C)(O)CN(C)C)c1. The molecule has 0 aliphatic rings. The van der Waals surface area contributed by atoms with Gasteiger partial charge in [0.25, 0.3) is 0 Å². The highest BCUT2D eigenvalue weighted by Crippen LogP contribution is 2.28. The molecular formula is C15H26N2O3. The zero-order valence-corrected chi connectivity index (χ0v) is 13.0. The summed E-state index contributed by atoms with van der Waals surface area (Å²) in [5.74, 6) is 0.921. The number of ether oxygens (including phenoxy) is 1. The van der Waals surface area contributed by atoms with Crippen LogP contribution in [0.2, 0.25) is 0 Å². The lowest BCUT2D eigenvalue weighted by Crippen LogP contribution is -2.46. The van der Waals surface area contributed by atoms with Gasteiger partial charge in [0.15, 0.2) is 0 Å². The number of methoxy groups -OCH3 is 1. The summed E-state index contributed by atoms with van der Waals surface area (Å²) < 4.78 is 5.16. The van der Waals surface area contributed by atoms with Gasteiger partial charge in [-0.1, -0.05) is 0 Å². The van der Waals surface area contributed by atoms with E-state index in [2.05, 4.69) is 5.32 Å². The number of benzene rings is 1. The van der Waals surface area contributed by atoms with Crippen LogP contribution in [0.4, 0.5) is 0 Å². The smallest absolute Gasteiger partial charge is 0.120 e. The van der Waals surface area contributed by atoms with Crippen LogP contribution in [0.1, 0.15) is 25.5 Å². The van der Waals surface area contributed by atoms with Crippen LogP contribution in [-0.2, 0) is 0 Å². The predicted octanol–water partition coefficient (Wildman–Crippen LogP) is 1.36. The van der Waals surface area contributed by atoms with Gasteiger partial charge in [-0.3, -0.25) is 0 Å². The summed E-state index contributed by atoms with van der Waals surface area (Å²) in [6.45, 7) is 4.73. The number of rotatable bonds is 7. The zero-order chi connectivity index (χ0) is 15.3.